The first-order valence-electron chi connectivity index (χ1n) is 15.3. The van der Waals surface area contributed by atoms with Crippen molar-refractivity contribution in [1.82, 2.24) is 0 Å². The molecule has 3 nitrogen and oxygen atoms in total. The third-order valence-corrected chi connectivity index (χ3v) is 11.5. The van der Waals surface area contributed by atoms with E-state index in [1.807, 2.05) is 30.3 Å². The topological polar surface area (TPSA) is 46.5 Å². The number of fused-ring (bicyclic) bond motifs is 5. The predicted molar refractivity (Wildman–Crippen MR) is 150 cm³/mol. The van der Waals surface area contributed by atoms with Crippen LogP contribution in [-0.2, 0) is 4.74 Å². The van der Waals surface area contributed by atoms with Crippen LogP contribution in [0.15, 0.2) is 42.0 Å². The van der Waals surface area contributed by atoms with Crippen LogP contribution in [-0.4, -0.2) is 23.3 Å². The highest BCUT2D eigenvalue weighted by Crippen LogP contribution is 2.67. The first-order chi connectivity index (χ1) is 17.6. The molecule has 1 aromatic carbocycles. The van der Waals surface area contributed by atoms with Crippen molar-refractivity contribution in [3.63, 3.8) is 0 Å². The Morgan fingerprint density at radius 2 is 1.76 bits per heavy atom. The zero-order valence-electron chi connectivity index (χ0n) is 23.9. The molecule has 0 saturated heterocycles. The summed E-state index contributed by atoms with van der Waals surface area (Å²) in [6, 6.07) is 9.48. The van der Waals surface area contributed by atoms with Gasteiger partial charge in [0.1, 0.15) is 6.10 Å². The molecule has 4 aliphatic rings. The van der Waals surface area contributed by atoms with Gasteiger partial charge in [0.15, 0.2) is 0 Å². The summed E-state index contributed by atoms with van der Waals surface area (Å²) in [4.78, 5) is 13.3. The van der Waals surface area contributed by atoms with Crippen LogP contribution >= 0.6 is 0 Å². The van der Waals surface area contributed by atoms with E-state index in [-0.39, 0.29) is 23.6 Å². The molecule has 1 N–H and O–H groups in total. The summed E-state index contributed by atoms with van der Waals surface area (Å²) in [5.74, 6) is 3.61. The van der Waals surface area contributed by atoms with Crippen LogP contribution in [0.1, 0.15) is 109 Å². The molecule has 0 bridgehead atoms. The van der Waals surface area contributed by atoms with E-state index in [1.54, 1.807) is 0 Å². The van der Waals surface area contributed by atoms with Gasteiger partial charge in [0.2, 0.25) is 0 Å². The minimum Gasteiger partial charge on any atom is -0.454 e. The fourth-order valence-electron chi connectivity index (χ4n) is 9.51. The zero-order chi connectivity index (χ0) is 26.4. The summed E-state index contributed by atoms with van der Waals surface area (Å²) < 4.78 is 6.42. The van der Waals surface area contributed by atoms with Crippen molar-refractivity contribution in [2.24, 2.45) is 46.3 Å². The van der Waals surface area contributed by atoms with E-state index < -0.39 is 0 Å². The van der Waals surface area contributed by atoms with Gasteiger partial charge < -0.3 is 9.84 Å². The maximum Gasteiger partial charge on any atom is 0.338 e. The van der Waals surface area contributed by atoms with Crippen LogP contribution in [0, 0.1) is 46.3 Å². The van der Waals surface area contributed by atoms with Crippen molar-refractivity contribution in [3.8, 4) is 0 Å². The second-order valence-electron chi connectivity index (χ2n) is 14.1. The number of carbonyl (C=O) groups is 1. The van der Waals surface area contributed by atoms with Crippen molar-refractivity contribution in [2.45, 2.75) is 111 Å². The molecule has 37 heavy (non-hydrogen) atoms. The standard InChI is InChI=1S/C34H50O3/c1-22(2)10-9-11-23(3)27-14-15-28-31-29(17-19-34(27,28)5)33(4)18-16-26(35)20-25(33)21-30(31)37-32(36)24-12-7-6-8-13-24/h6-8,12-13,21-23,26-31,35H,9-11,14-20H2,1-5H3. The Hall–Kier alpha value is -1.61. The summed E-state index contributed by atoms with van der Waals surface area (Å²) in [7, 11) is 0. The average Bonchev–Trinajstić information content (AvgIpc) is 3.22. The summed E-state index contributed by atoms with van der Waals surface area (Å²) in [6.07, 6.45) is 13.6. The first-order valence-corrected chi connectivity index (χ1v) is 15.3. The molecule has 1 aromatic rings. The lowest BCUT2D eigenvalue weighted by Gasteiger charge is -2.59. The van der Waals surface area contributed by atoms with Gasteiger partial charge >= 0.3 is 5.97 Å². The summed E-state index contributed by atoms with van der Waals surface area (Å²) in [5, 5.41) is 10.5. The van der Waals surface area contributed by atoms with Gasteiger partial charge in [-0.1, -0.05) is 77.7 Å². The fraction of sp³-hybridized carbons (Fsp3) is 0.735. The number of hydrogen-bond acceptors (Lipinski definition) is 3. The molecule has 0 aromatic heterocycles. The van der Waals surface area contributed by atoms with Crippen molar-refractivity contribution < 1.29 is 14.6 Å². The van der Waals surface area contributed by atoms with Crippen LogP contribution < -0.4 is 0 Å². The van der Waals surface area contributed by atoms with Gasteiger partial charge in [0.05, 0.1) is 11.7 Å². The number of esters is 1. The van der Waals surface area contributed by atoms with E-state index in [2.05, 4.69) is 40.7 Å². The molecule has 0 amide bonds. The number of aliphatic hydroxyl groups excluding tert-OH is 1. The van der Waals surface area contributed by atoms with Gasteiger partial charge in [0, 0.05) is 5.92 Å². The van der Waals surface area contributed by atoms with Gasteiger partial charge in [-0.25, -0.2) is 4.79 Å². The number of aliphatic hydroxyl groups is 1. The lowest BCUT2D eigenvalue weighted by molar-refractivity contribution is -0.101. The van der Waals surface area contributed by atoms with Gasteiger partial charge in [-0.15, -0.1) is 0 Å². The average molecular weight is 507 g/mol. The molecule has 0 aliphatic heterocycles. The molecule has 3 heteroatoms. The lowest BCUT2D eigenvalue weighted by Crippen LogP contribution is -2.55. The van der Waals surface area contributed by atoms with Gasteiger partial charge in [-0.2, -0.15) is 0 Å². The highest BCUT2D eigenvalue weighted by Gasteiger charge is 2.62. The minimum absolute atomic E-state index is 0.127. The number of ether oxygens (including phenoxy) is 1. The third-order valence-electron chi connectivity index (χ3n) is 11.5. The number of benzene rings is 1. The zero-order valence-corrected chi connectivity index (χ0v) is 23.9. The fourth-order valence-corrected chi connectivity index (χ4v) is 9.51. The Bertz CT molecular complexity index is 982. The smallest absolute Gasteiger partial charge is 0.338 e. The molecule has 0 spiro atoms. The molecule has 204 valence electrons. The molecule has 3 saturated carbocycles. The largest absolute Gasteiger partial charge is 0.454 e. The molecule has 4 aliphatic carbocycles. The van der Waals surface area contributed by atoms with Crippen LogP contribution in [0.5, 0.6) is 0 Å². The van der Waals surface area contributed by atoms with Crippen molar-refractivity contribution in [3.05, 3.63) is 47.5 Å². The maximum atomic E-state index is 13.3. The SMILES string of the molecule is CC(C)CCCC(C)C1CCC2C3C(OC(=O)c4ccccc4)C=C4CC(O)CCC4(C)C3CCC12C. The third kappa shape index (κ3) is 4.95. The van der Waals surface area contributed by atoms with Gasteiger partial charge in [-0.05, 0) is 104 Å². The molecule has 5 rings (SSSR count). The normalized spacial score (nSPS) is 39.8. The Morgan fingerprint density at radius 1 is 1.00 bits per heavy atom. The Kier molecular flexibility index (Phi) is 7.66. The summed E-state index contributed by atoms with van der Waals surface area (Å²) >= 11 is 0. The van der Waals surface area contributed by atoms with E-state index in [1.165, 1.54) is 50.5 Å². The summed E-state index contributed by atoms with van der Waals surface area (Å²) in [5.41, 5.74) is 2.43. The minimum atomic E-state index is -0.266. The maximum absolute atomic E-state index is 13.3. The van der Waals surface area contributed by atoms with E-state index in [0.717, 1.165) is 37.0 Å². The van der Waals surface area contributed by atoms with Crippen molar-refractivity contribution >= 4 is 5.97 Å². The van der Waals surface area contributed by atoms with Gasteiger partial charge in [-0.3, -0.25) is 0 Å². The van der Waals surface area contributed by atoms with Crippen LogP contribution in [0.3, 0.4) is 0 Å². The van der Waals surface area contributed by atoms with E-state index >= 15 is 0 Å². The number of carbonyl (C=O) groups excluding carboxylic acids is 1. The predicted octanol–water partition coefficient (Wildman–Crippen LogP) is 8.22. The first kappa shape index (κ1) is 27.0. The van der Waals surface area contributed by atoms with E-state index in [9.17, 15) is 9.90 Å². The second kappa shape index (κ2) is 10.5. The number of hydrogen-bond donors (Lipinski definition) is 1. The molecule has 3 fully saturated rings. The van der Waals surface area contributed by atoms with Gasteiger partial charge in [0.25, 0.3) is 0 Å². The lowest BCUT2D eigenvalue weighted by atomic mass is 9.46. The second-order valence-corrected chi connectivity index (χ2v) is 14.1. The molecule has 0 heterocycles. The monoisotopic (exact) mass is 506 g/mol. The van der Waals surface area contributed by atoms with Crippen LogP contribution in [0.2, 0.25) is 0 Å². The molecule has 0 radical (unpaired) electrons. The molecule has 9 unspecified atom stereocenters. The Labute approximate surface area is 225 Å². The Balaban J connectivity index is 1.44. The summed E-state index contributed by atoms with van der Waals surface area (Å²) in [6.45, 7) is 12.2. The molecule has 9 atom stereocenters. The van der Waals surface area contributed by atoms with Crippen LogP contribution in [0.25, 0.3) is 0 Å². The Morgan fingerprint density at radius 3 is 2.49 bits per heavy atom. The van der Waals surface area contributed by atoms with Crippen LogP contribution in [0.4, 0.5) is 0 Å². The van der Waals surface area contributed by atoms with Crippen molar-refractivity contribution in [2.75, 3.05) is 0 Å². The quantitative estimate of drug-likeness (QED) is 0.299. The molecular formula is C34H50O3. The highest BCUT2D eigenvalue weighted by molar-refractivity contribution is 5.89. The van der Waals surface area contributed by atoms with E-state index in [0.29, 0.717) is 28.7 Å². The molecular weight excluding hydrogens is 456 g/mol. The van der Waals surface area contributed by atoms with E-state index in [4.69, 9.17) is 4.74 Å². The number of rotatable bonds is 7. The highest BCUT2D eigenvalue weighted by atomic mass is 16.5. The van der Waals surface area contributed by atoms with Crippen molar-refractivity contribution in [1.29, 1.82) is 0 Å².